The van der Waals surface area contributed by atoms with Gasteiger partial charge in [0.05, 0.1) is 6.54 Å². The largest absolute Gasteiger partial charge is 0.505 e. The highest BCUT2D eigenvalue weighted by Gasteiger charge is 2.18. The highest BCUT2D eigenvalue weighted by Crippen LogP contribution is 2.14. The number of amides is 2. The van der Waals surface area contributed by atoms with Crippen molar-refractivity contribution in [3.05, 3.63) is 24.0 Å². The molecule has 0 aromatic carbocycles. The number of aromatic hydroxyl groups is 1. The Kier molecular flexibility index (Phi) is 5.29. The fraction of sp³-hybridized carbons (Fsp3) is 0.462. The predicted molar refractivity (Wildman–Crippen MR) is 70.7 cm³/mol. The van der Waals surface area contributed by atoms with Crippen LogP contribution >= 0.6 is 0 Å². The van der Waals surface area contributed by atoms with E-state index in [0.717, 1.165) is 0 Å². The second kappa shape index (κ2) is 6.72. The van der Waals surface area contributed by atoms with Crippen LogP contribution in [0.1, 0.15) is 24.3 Å². The van der Waals surface area contributed by atoms with Gasteiger partial charge in [0.1, 0.15) is 5.75 Å². The van der Waals surface area contributed by atoms with Gasteiger partial charge in [-0.25, -0.2) is 4.98 Å². The average Bonchev–Trinajstić information content (AvgIpc) is 2.36. The van der Waals surface area contributed by atoms with Crippen molar-refractivity contribution in [3.63, 3.8) is 0 Å². The first-order chi connectivity index (χ1) is 8.91. The Morgan fingerprint density at radius 2 is 2.16 bits per heavy atom. The van der Waals surface area contributed by atoms with Gasteiger partial charge in [0.2, 0.25) is 5.91 Å². The van der Waals surface area contributed by atoms with Crippen LogP contribution in [0.3, 0.4) is 0 Å². The van der Waals surface area contributed by atoms with E-state index in [1.807, 2.05) is 13.8 Å². The number of hydrogen-bond acceptors (Lipinski definition) is 4. The number of likely N-dealkylation sites (N-methyl/N-ethyl adjacent to an activating group) is 1. The summed E-state index contributed by atoms with van der Waals surface area (Å²) in [5.74, 6) is -0.565. The van der Waals surface area contributed by atoms with Gasteiger partial charge in [-0.3, -0.25) is 9.59 Å². The van der Waals surface area contributed by atoms with Gasteiger partial charge < -0.3 is 15.3 Å². The van der Waals surface area contributed by atoms with Crippen molar-refractivity contribution in [2.75, 3.05) is 20.1 Å². The second-order valence-corrected chi connectivity index (χ2v) is 4.73. The van der Waals surface area contributed by atoms with Crippen LogP contribution < -0.4 is 5.32 Å². The molecule has 0 aliphatic heterocycles. The fourth-order valence-corrected chi connectivity index (χ4v) is 1.40. The van der Waals surface area contributed by atoms with E-state index < -0.39 is 5.91 Å². The van der Waals surface area contributed by atoms with Crippen LogP contribution in [-0.2, 0) is 4.79 Å². The van der Waals surface area contributed by atoms with E-state index in [-0.39, 0.29) is 23.9 Å². The zero-order chi connectivity index (χ0) is 14.4. The molecule has 0 unspecified atom stereocenters. The van der Waals surface area contributed by atoms with E-state index in [4.69, 9.17) is 0 Å². The lowest BCUT2D eigenvalue weighted by Crippen LogP contribution is -2.39. The van der Waals surface area contributed by atoms with E-state index in [9.17, 15) is 14.7 Å². The van der Waals surface area contributed by atoms with Gasteiger partial charge in [-0.1, -0.05) is 13.8 Å². The third-order valence-corrected chi connectivity index (χ3v) is 2.42. The topological polar surface area (TPSA) is 82.5 Å². The van der Waals surface area contributed by atoms with Crippen LogP contribution in [0.5, 0.6) is 5.75 Å². The number of nitrogens with zero attached hydrogens (tertiary/aromatic N) is 2. The van der Waals surface area contributed by atoms with Gasteiger partial charge in [0.15, 0.2) is 5.69 Å². The van der Waals surface area contributed by atoms with E-state index in [2.05, 4.69) is 10.3 Å². The normalized spacial score (nSPS) is 10.3. The molecule has 0 saturated heterocycles. The fourth-order valence-electron chi connectivity index (χ4n) is 1.40. The predicted octanol–water partition coefficient (Wildman–Crippen LogP) is 0.631. The molecule has 2 amide bonds. The Morgan fingerprint density at radius 1 is 1.47 bits per heavy atom. The number of pyridine rings is 1. The standard InChI is InChI=1S/C13H19N3O3/c1-9(2)7-15-11(18)8-16(3)13(19)12-10(17)5-4-6-14-12/h4-6,9,17H,7-8H2,1-3H3,(H,15,18). The number of carbonyl (C=O) groups excluding carboxylic acids is 2. The molecule has 2 N–H and O–H groups in total. The minimum atomic E-state index is -0.488. The van der Waals surface area contributed by atoms with Crippen LogP contribution in [0.2, 0.25) is 0 Å². The molecule has 1 aromatic rings. The summed E-state index contributed by atoms with van der Waals surface area (Å²) in [6, 6.07) is 2.91. The Labute approximate surface area is 112 Å². The first kappa shape index (κ1) is 14.9. The molecule has 6 heteroatoms. The summed E-state index contributed by atoms with van der Waals surface area (Å²) in [6.45, 7) is 4.47. The summed E-state index contributed by atoms with van der Waals surface area (Å²) in [5.41, 5.74) is -0.0540. The maximum atomic E-state index is 12.0. The number of aromatic nitrogens is 1. The van der Waals surface area contributed by atoms with Gasteiger partial charge in [0, 0.05) is 19.8 Å². The maximum absolute atomic E-state index is 12.0. The first-order valence-corrected chi connectivity index (χ1v) is 6.08. The Hall–Kier alpha value is -2.11. The summed E-state index contributed by atoms with van der Waals surface area (Å²) in [5, 5.41) is 12.2. The number of carbonyl (C=O) groups is 2. The summed E-state index contributed by atoms with van der Waals surface area (Å²) in [6.07, 6.45) is 1.42. The first-order valence-electron chi connectivity index (χ1n) is 6.08. The van der Waals surface area contributed by atoms with Gasteiger partial charge in [-0.2, -0.15) is 0 Å². The molecule has 0 fully saturated rings. The van der Waals surface area contributed by atoms with Crippen molar-refractivity contribution in [1.82, 2.24) is 15.2 Å². The maximum Gasteiger partial charge on any atom is 0.276 e. The van der Waals surface area contributed by atoms with Crippen molar-refractivity contribution in [3.8, 4) is 5.75 Å². The molecular weight excluding hydrogens is 246 g/mol. The zero-order valence-corrected chi connectivity index (χ0v) is 11.4. The van der Waals surface area contributed by atoms with Crippen molar-refractivity contribution in [1.29, 1.82) is 0 Å². The van der Waals surface area contributed by atoms with Crippen molar-refractivity contribution < 1.29 is 14.7 Å². The molecule has 104 valence electrons. The monoisotopic (exact) mass is 265 g/mol. The SMILES string of the molecule is CC(C)CNC(=O)CN(C)C(=O)c1ncccc1O. The average molecular weight is 265 g/mol. The quantitative estimate of drug-likeness (QED) is 0.818. The Bertz CT molecular complexity index is 460. The number of nitrogens with one attached hydrogen (secondary N) is 1. The van der Waals surface area contributed by atoms with Crippen molar-refractivity contribution in [2.24, 2.45) is 5.92 Å². The lowest BCUT2D eigenvalue weighted by Gasteiger charge is -2.17. The van der Waals surface area contributed by atoms with E-state index >= 15 is 0 Å². The van der Waals surface area contributed by atoms with E-state index in [1.165, 1.54) is 30.3 Å². The summed E-state index contributed by atoms with van der Waals surface area (Å²) in [4.78, 5) is 28.6. The lowest BCUT2D eigenvalue weighted by molar-refractivity contribution is -0.121. The molecule has 0 spiro atoms. The van der Waals surface area contributed by atoms with E-state index in [0.29, 0.717) is 12.5 Å². The molecule has 19 heavy (non-hydrogen) atoms. The third kappa shape index (κ3) is 4.57. The minimum absolute atomic E-state index is 0.0540. The molecule has 0 bridgehead atoms. The van der Waals surface area contributed by atoms with Crippen molar-refractivity contribution in [2.45, 2.75) is 13.8 Å². The minimum Gasteiger partial charge on any atom is -0.505 e. The molecule has 0 aliphatic carbocycles. The molecule has 0 atom stereocenters. The van der Waals surface area contributed by atoms with Gasteiger partial charge >= 0.3 is 0 Å². The smallest absolute Gasteiger partial charge is 0.276 e. The van der Waals surface area contributed by atoms with Crippen LogP contribution in [-0.4, -0.2) is 46.9 Å². The summed E-state index contributed by atoms with van der Waals surface area (Å²) < 4.78 is 0. The van der Waals surface area contributed by atoms with Crippen LogP contribution in [0.25, 0.3) is 0 Å². The molecule has 0 saturated carbocycles. The second-order valence-electron chi connectivity index (χ2n) is 4.73. The molecule has 0 aliphatic rings. The third-order valence-electron chi connectivity index (χ3n) is 2.42. The van der Waals surface area contributed by atoms with Crippen LogP contribution in [0.15, 0.2) is 18.3 Å². The summed E-state index contributed by atoms with van der Waals surface area (Å²) in [7, 11) is 1.49. The van der Waals surface area contributed by atoms with Gasteiger partial charge in [0.25, 0.3) is 5.91 Å². The molecule has 1 aromatic heterocycles. The Balaban J connectivity index is 2.58. The summed E-state index contributed by atoms with van der Waals surface area (Å²) >= 11 is 0. The molecular formula is C13H19N3O3. The van der Waals surface area contributed by atoms with Gasteiger partial charge in [-0.05, 0) is 18.1 Å². The molecule has 1 rings (SSSR count). The number of hydrogen-bond donors (Lipinski definition) is 2. The Morgan fingerprint density at radius 3 is 2.74 bits per heavy atom. The molecule has 1 heterocycles. The van der Waals surface area contributed by atoms with Gasteiger partial charge in [-0.15, -0.1) is 0 Å². The van der Waals surface area contributed by atoms with Crippen LogP contribution in [0.4, 0.5) is 0 Å². The molecule has 0 radical (unpaired) electrons. The van der Waals surface area contributed by atoms with Crippen molar-refractivity contribution >= 4 is 11.8 Å². The molecule has 6 nitrogen and oxygen atoms in total. The van der Waals surface area contributed by atoms with E-state index in [1.54, 1.807) is 0 Å². The lowest BCUT2D eigenvalue weighted by atomic mass is 10.2. The highest BCUT2D eigenvalue weighted by atomic mass is 16.3. The highest BCUT2D eigenvalue weighted by molar-refractivity contribution is 5.96. The number of rotatable bonds is 5. The zero-order valence-electron chi connectivity index (χ0n) is 11.4. The van der Waals surface area contributed by atoms with Crippen LogP contribution in [0, 0.1) is 5.92 Å².